The molecule has 1 aliphatic rings. The van der Waals surface area contributed by atoms with Crippen molar-refractivity contribution in [2.75, 3.05) is 26.4 Å². The summed E-state index contributed by atoms with van der Waals surface area (Å²) in [6.45, 7) is 5.66. The van der Waals surface area contributed by atoms with Gasteiger partial charge in [0.2, 0.25) is 0 Å². The van der Waals surface area contributed by atoms with E-state index in [9.17, 15) is 9.59 Å². The first-order valence-electron chi connectivity index (χ1n) is 10.4. The molecule has 0 bridgehead atoms. The summed E-state index contributed by atoms with van der Waals surface area (Å²) in [6.07, 6.45) is 3.49. The number of carbonyl (C=O) groups excluding carboxylic acids is 1. The Morgan fingerprint density at radius 2 is 1.72 bits per heavy atom. The van der Waals surface area contributed by atoms with E-state index in [0.717, 1.165) is 12.8 Å². The highest BCUT2D eigenvalue weighted by molar-refractivity contribution is 5.94. The minimum atomic E-state index is -0.263. The average Bonchev–Trinajstić information content (AvgIpc) is 2.71. The Kier molecular flexibility index (Phi) is 7.61. The molecule has 1 heterocycles. The summed E-state index contributed by atoms with van der Waals surface area (Å²) < 4.78 is 12.6. The van der Waals surface area contributed by atoms with Crippen LogP contribution < -0.4 is 10.9 Å². The zero-order chi connectivity index (χ0) is 20.6. The fourth-order valence-electron chi connectivity index (χ4n) is 3.64. The minimum Gasteiger partial charge on any atom is -0.379 e. The van der Waals surface area contributed by atoms with Crippen LogP contribution in [0.5, 0.6) is 0 Å². The molecule has 0 spiro atoms. The summed E-state index contributed by atoms with van der Waals surface area (Å²) in [7, 11) is 0. The van der Waals surface area contributed by atoms with E-state index in [2.05, 4.69) is 17.4 Å². The molecule has 0 unspecified atom stereocenters. The molecule has 1 amide bonds. The van der Waals surface area contributed by atoms with Crippen LogP contribution in [0, 0.1) is 0 Å². The maximum atomic E-state index is 12.7. The summed E-state index contributed by atoms with van der Waals surface area (Å²) >= 11 is 0. The first kappa shape index (κ1) is 21.3. The maximum Gasteiger partial charge on any atom is 0.252 e. The van der Waals surface area contributed by atoms with E-state index in [1.165, 1.54) is 11.6 Å². The Labute approximate surface area is 171 Å². The van der Waals surface area contributed by atoms with Crippen LogP contribution in [0.2, 0.25) is 0 Å². The lowest BCUT2D eigenvalue weighted by Crippen LogP contribution is -2.43. The van der Waals surface area contributed by atoms with Crippen molar-refractivity contribution in [3.63, 3.8) is 0 Å². The summed E-state index contributed by atoms with van der Waals surface area (Å²) in [5, 5.41) is 3.09. The maximum absolute atomic E-state index is 12.7. The molecular formula is C23H30N2O4. The van der Waals surface area contributed by atoms with Crippen LogP contribution in [0.15, 0.2) is 53.5 Å². The number of hydrogen-bond donors (Lipinski definition) is 1. The van der Waals surface area contributed by atoms with E-state index in [1.54, 1.807) is 16.8 Å². The lowest BCUT2D eigenvalue weighted by Gasteiger charge is -2.36. The van der Waals surface area contributed by atoms with Crippen LogP contribution in [-0.2, 0) is 9.47 Å². The molecular weight excluding hydrogens is 368 g/mol. The van der Waals surface area contributed by atoms with Crippen molar-refractivity contribution in [3.05, 3.63) is 70.1 Å². The Hall–Kier alpha value is -2.44. The molecule has 0 aliphatic heterocycles. The number of carbonyl (C=O) groups is 1. The standard InChI is InChI=1S/C23H30N2O4/c1-3-28-15-21(16-29-4-2)25-14-18(10-11-22(25)26)23(27)24-20-12-19(13-20)17-8-6-5-7-9-17/h5-11,14,19-21H,3-4,12-13,15-16H2,1-2H3,(H,24,27). The van der Waals surface area contributed by atoms with Gasteiger partial charge in [-0.15, -0.1) is 0 Å². The Bertz CT molecular complexity index is 835. The monoisotopic (exact) mass is 398 g/mol. The molecule has 0 saturated heterocycles. The third kappa shape index (κ3) is 5.55. The van der Waals surface area contributed by atoms with Gasteiger partial charge >= 0.3 is 0 Å². The average molecular weight is 399 g/mol. The second kappa shape index (κ2) is 10.4. The number of pyridine rings is 1. The van der Waals surface area contributed by atoms with E-state index in [-0.39, 0.29) is 23.6 Å². The van der Waals surface area contributed by atoms with Crippen molar-refractivity contribution >= 4 is 5.91 Å². The van der Waals surface area contributed by atoms with Gasteiger partial charge in [0.05, 0.1) is 24.8 Å². The number of aromatic nitrogens is 1. The number of amides is 1. The van der Waals surface area contributed by atoms with Gasteiger partial charge in [-0.05, 0) is 44.2 Å². The predicted octanol–water partition coefficient (Wildman–Crippen LogP) is 3.14. The molecule has 3 rings (SSSR count). The van der Waals surface area contributed by atoms with Gasteiger partial charge in [-0.3, -0.25) is 9.59 Å². The summed E-state index contributed by atoms with van der Waals surface area (Å²) in [5.41, 5.74) is 1.63. The number of ether oxygens (including phenoxy) is 2. The highest BCUT2D eigenvalue weighted by atomic mass is 16.5. The van der Waals surface area contributed by atoms with E-state index < -0.39 is 0 Å². The topological polar surface area (TPSA) is 69.6 Å². The van der Waals surface area contributed by atoms with Crippen LogP contribution in [0.3, 0.4) is 0 Å². The molecule has 6 heteroatoms. The van der Waals surface area contributed by atoms with Gasteiger partial charge in [-0.25, -0.2) is 0 Å². The smallest absolute Gasteiger partial charge is 0.252 e. The Morgan fingerprint density at radius 3 is 2.34 bits per heavy atom. The van der Waals surface area contributed by atoms with Crippen LogP contribution in [0.1, 0.15) is 54.6 Å². The van der Waals surface area contributed by atoms with Crippen molar-refractivity contribution in [1.29, 1.82) is 0 Å². The predicted molar refractivity (Wildman–Crippen MR) is 112 cm³/mol. The quantitative estimate of drug-likeness (QED) is 0.668. The van der Waals surface area contributed by atoms with Crippen LogP contribution >= 0.6 is 0 Å². The SMILES string of the molecule is CCOCC(COCC)n1cc(C(=O)NC2CC(c3ccccc3)C2)ccc1=O. The summed E-state index contributed by atoms with van der Waals surface area (Å²) in [4.78, 5) is 25.1. The lowest BCUT2D eigenvalue weighted by atomic mass is 9.76. The van der Waals surface area contributed by atoms with E-state index >= 15 is 0 Å². The molecule has 1 aromatic heterocycles. The van der Waals surface area contributed by atoms with Crippen LogP contribution in [-0.4, -0.2) is 42.9 Å². The van der Waals surface area contributed by atoms with Gasteiger partial charge in [0.25, 0.3) is 11.5 Å². The number of nitrogens with zero attached hydrogens (tertiary/aromatic N) is 1. The fraction of sp³-hybridized carbons (Fsp3) is 0.478. The van der Waals surface area contributed by atoms with Crippen molar-refractivity contribution in [2.45, 2.75) is 44.7 Å². The van der Waals surface area contributed by atoms with Crippen molar-refractivity contribution in [2.24, 2.45) is 0 Å². The van der Waals surface area contributed by atoms with Gasteiger partial charge in [0.1, 0.15) is 0 Å². The molecule has 1 aliphatic carbocycles. The Morgan fingerprint density at radius 1 is 1.07 bits per heavy atom. The van der Waals surface area contributed by atoms with E-state index in [4.69, 9.17) is 9.47 Å². The van der Waals surface area contributed by atoms with Crippen LogP contribution in [0.4, 0.5) is 0 Å². The second-order valence-corrected chi connectivity index (χ2v) is 7.39. The number of rotatable bonds is 10. The van der Waals surface area contributed by atoms with Gasteiger partial charge in [0, 0.05) is 31.5 Å². The first-order chi connectivity index (χ1) is 14.1. The minimum absolute atomic E-state index is 0.151. The fourth-order valence-corrected chi connectivity index (χ4v) is 3.64. The van der Waals surface area contributed by atoms with E-state index in [0.29, 0.717) is 37.9 Å². The van der Waals surface area contributed by atoms with Gasteiger partial charge in [-0.2, -0.15) is 0 Å². The number of hydrogen-bond acceptors (Lipinski definition) is 4. The largest absolute Gasteiger partial charge is 0.379 e. The van der Waals surface area contributed by atoms with Crippen LogP contribution in [0.25, 0.3) is 0 Å². The van der Waals surface area contributed by atoms with Crippen molar-refractivity contribution in [1.82, 2.24) is 9.88 Å². The molecule has 0 radical (unpaired) electrons. The molecule has 1 fully saturated rings. The highest BCUT2D eigenvalue weighted by Gasteiger charge is 2.31. The molecule has 0 atom stereocenters. The van der Waals surface area contributed by atoms with Crippen molar-refractivity contribution in [3.8, 4) is 0 Å². The first-order valence-corrected chi connectivity index (χ1v) is 10.4. The lowest BCUT2D eigenvalue weighted by molar-refractivity contribution is 0.0513. The summed E-state index contributed by atoms with van der Waals surface area (Å²) in [5.74, 6) is 0.346. The van der Waals surface area contributed by atoms with Crippen molar-refractivity contribution < 1.29 is 14.3 Å². The number of benzene rings is 1. The molecule has 1 saturated carbocycles. The van der Waals surface area contributed by atoms with Gasteiger partial charge in [-0.1, -0.05) is 30.3 Å². The summed E-state index contributed by atoms with van der Waals surface area (Å²) in [6, 6.07) is 13.3. The molecule has 2 aromatic rings. The normalized spacial score (nSPS) is 18.4. The molecule has 156 valence electrons. The van der Waals surface area contributed by atoms with E-state index in [1.807, 2.05) is 32.0 Å². The number of nitrogens with one attached hydrogen (secondary N) is 1. The third-order valence-electron chi connectivity index (χ3n) is 5.37. The third-order valence-corrected chi connectivity index (χ3v) is 5.37. The second-order valence-electron chi connectivity index (χ2n) is 7.39. The molecule has 1 aromatic carbocycles. The molecule has 6 nitrogen and oxygen atoms in total. The van der Waals surface area contributed by atoms with Gasteiger partial charge in [0.15, 0.2) is 0 Å². The highest BCUT2D eigenvalue weighted by Crippen LogP contribution is 2.36. The van der Waals surface area contributed by atoms with Gasteiger partial charge < -0.3 is 19.4 Å². The molecule has 29 heavy (non-hydrogen) atoms. The molecule has 1 N–H and O–H groups in total. The zero-order valence-corrected chi connectivity index (χ0v) is 17.2. The Balaban J connectivity index is 1.63. The zero-order valence-electron chi connectivity index (χ0n) is 17.2.